The van der Waals surface area contributed by atoms with Gasteiger partial charge in [-0.3, -0.25) is 4.79 Å². The van der Waals surface area contributed by atoms with Crippen LogP contribution in [0.5, 0.6) is 34.5 Å². The zero-order valence-electron chi connectivity index (χ0n) is 22.8. The number of ether oxygens (including phenoxy) is 8. The normalized spacial score (nSPS) is 21.6. The topological polar surface area (TPSA) is 108 Å². The fourth-order valence-electron chi connectivity index (χ4n) is 5.85. The molecule has 2 aliphatic heterocycles. The van der Waals surface area contributed by atoms with Crippen LogP contribution in [0.4, 0.5) is 0 Å². The highest BCUT2D eigenvalue weighted by atomic mass is 35.5. The zero-order valence-corrected chi connectivity index (χ0v) is 24.3. The third kappa shape index (κ3) is 4.88. The number of carbonyl (C=O) groups is 2. The van der Waals surface area contributed by atoms with Crippen molar-refractivity contribution >= 4 is 35.1 Å². The number of hydrogen-bond donors (Lipinski definition) is 0. The minimum atomic E-state index is -0.832. The molecule has 10 nitrogen and oxygen atoms in total. The second-order valence-electron chi connectivity index (χ2n) is 9.86. The summed E-state index contributed by atoms with van der Waals surface area (Å²) in [6.07, 6.45) is -0.832. The Morgan fingerprint density at radius 3 is 2.21 bits per heavy atom. The summed E-state index contributed by atoms with van der Waals surface area (Å²) in [5.41, 5.74) is 2.10. The van der Waals surface area contributed by atoms with Crippen molar-refractivity contribution in [2.75, 3.05) is 41.3 Å². The number of fused-ring (bicyclic) bond motifs is 3. The second-order valence-corrected chi connectivity index (χ2v) is 10.7. The van der Waals surface area contributed by atoms with Crippen LogP contribution < -0.4 is 28.4 Å². The van der Waals surface area contributed by atoms with Crippen molar-refractivity contribution in [3.8, 4) is 34.5 Å². The van der Waals surface area contributed by atoms with Gasteiger partial charge in [0.2, 0.25) is 12.5 Å². The van der Waals surface area contributed by atoms with Gasteiger partial charge in [-0.1, -0.05) is 23.2 Å². The molecule has 6 rings (SSSR count). The van der Waals surface area contributed by atoms with Crippen molar-refractivity contribution in [1.82, 2.24) is 0 Å². The molecular weight excluding hydrogens is 591 g/mol. The van der Waals surface area contributed by atoms with Gasteiger partial charge in [0.15, 0.2) is 29.6 Å². The molecule has 1 saturated heterocycles. The molecule has 0 spiro atoms. The molecule has 0 radical (unpaired) electrons. The van der Waals surface area contributed by atoms with Gasteiger partial charge in [-0.2, -0.15) is 0 Å². The first-order chi connectivity index (χ1) is 20.3. The van der Waals surface area contributed by atoms with E-state index in [1.54, 1.807) is 30.3 Å². The Kier molecular flexibility index (Phi) is 7.59. The zero-order chi connectivity index (χ0) is 29.5. The summed E-state index contributed by atoms with van der Waals surface area (Å²) in [5.74, 6) is -0.176. The molecule has 4 atom stereocenters. The molecule has 0 amide bonds. The summed E-state index contributed by atoms with van der Waals surface area (Å²) < 4.78 is 45.2. The van der Waals surface area contributed by atoms with E-state index in [2.05, 4.69) is 0 Å². The highest BCUT2D eigenvalue weighted by Gasteiger charge is 2.54. The fraction of sp³-hybridized carbons (Fsp3) is 0.333. The molecule has 1 unspecified atom stereocenters. The van der Waals surface area contributed by atoms with Crippen molar-refractivity contribution < 1.29 is 47.5 Å². The standard InChI is InChI=1S/C30H26Cl2O10/c1-35-23-6-14(7-24(36-2)29(23)37-3)26-16-9-21-22(41-13-40-21)10-17(16)28(18-11-39-30(34)27(18)26)42-25(33)12-38-20-5-4-15(31)8-19(20)32/h4-10,18,26-28H,11-13H2,1-3H3/t18?,26-,27+,28+/m1/s1. The maximum atomic E-state index is 13.3. The average Bonchev–Trinajstić information content (AvgIpc) is 3.61. The molecule has 0 bridgehead atoms. The molecule has 0 aromatic heterocycles. The molecule has 1 aliphatic carbocycles. The lowest BCUT2D eigenvalue weighted by atomic mass is 9.66. The van der Waals surface area contributed by atoms with Crippen LogP contribution in [0.3, 0.4) is 0 Å². The Bertz CT molecular complexity index is 1530. The highest BCUT2D eigenvalue weighted by Crippen LogP contribution is 2.56. The predicted molar refractivity (Wildman–Crippen MR) is 149 cm³/mol. The number of methoxy groups -OCH3 is 3. The van der Waals surface area contributed by atoms with Crippen LogP contribution in [0, 0.1) is 11.8 Å². The number of esters is 2. The predicted octanol–water partition coefficient (Wildman–Crippen LogP) is 5.35. The minimum absolute atomic E-state index is 0.0438. The second kappa shape index (κ2) is 11.3. The van der Waals surface area contributed by atoms with Crippen LogP contribution in [-0.2, 0) is 19.1 Å². The number of hydrogen-bond acceptors (Lipinski definition) is 10. The highest BCUT2D eigenvalue weighted by molar-refractivity contribution is 6.35. The van der Waals surface area contributed by atoms with Gasteiger partial charge >= 0.3 is 11.9 Å². The molecule has 42 heavy (non-hydrogen) atoms. The first kappa shape index (κ1) is 28.1. The van der Waals surface area contributed by atoms with Crippen LogP contribution in [0.15, 0.2) is 42.5 Å². The van der Waals surface area contributed by atoms with Gasteiger partial charge in [0.05, 0.1) is 38.9 Å². The number of halogens is 2. The molecule has 0 saturated carbocycles. The molecule has 12 heteroatoms. The number of carbonyl (C=O) groups excluding carboxylic acids is 2. The Hall–Kier alpha value is -4.02. The van der Waals surface area contributed by atoms with E-state index in [-0.39, 0.29) is 24.2 Å². The van der Waals surface area contributed by atoms with Gasteiger partial charge in [-0.15, -0.1) is 0 Å². The maximum Gasteiger partial charge on any atom is 0.344 e. The first-order valence-electron chi connectivity index (χ1n) is 13.0. The van der Waals surface area contributed by atoms with E-state index in [1.807, 2.05) is 6.07 Å². The summed E-state index contributed by atoms with van der Waals surface area (Å²) >= 11 is 12.1. The van der Waals surface area contributed by atoms with Crippen molar-refractivity contribution in [2.45, 2.75) is 12.0 Å². The molecule has 3 aromatic carbocycles. The monoisotopic (exact) mass is 616 g/mol. The lowest BCUT2D eigenvalue weighted by molar-refractivity contribution is -0.156. The number of rotatable bonds is 8. The Morgan fingerprint density at radius 1 is 0.881 bits per heavy atom. The van der Waals surface area contributed by atoms with Crippen LogP contribution in [0.1, 0.15) is 28.7 Å². The quantitative estimate of drug-likeness (QED) is 0.307. The third-order valence-corrected chi connectivity index (χ3v) is 8.19. The molecule has 3 aromatic rings. The third-order valence-electron chi connectivity index (χ3n) is 7.66. The van der Waals surface area contributed by atoms with Crippen LogP contribution in [0.2, 0.25) is 10.0 Å². The van der Waals surface area contributed by atoms with E-state index >= 15 is 0 Å². The lowest BCUT2D eigenvalue weighted by Crippen LogP contribution is -2.37. The summed E-state index contributed by atoms with van der Waals surface area (Å²) in [5, 5.41) is 0.695. The molecule has 220 valence electrons. The van der Waals surface area contributed by atoms with E-state index in [9.17, 15) is 9.59 Å². The van der Waals surface area contributed by atoms with Crippen molar-refractivity contribution in [3.05, 3.63) is 69.2 Å². The van der Waals surface area contributed by atoms with Gasteiger partial charge < -0.3 is 37.9 Å². The SMILES string of the molecule is COc1cc([C@@H]2c3cc4c(cc3[C@H](OC(=O)COc3ccc(Cl)cc3Cl)C3COC(=O)[C@@H]32)OCO4)cc(OC)c1OC. The molecular formula is C30H26Cl2O10. The summed E-state index contributed by atoms with van der Waals surface area (Å²) in [4.78, 5) is 26.4. The van der Waals surface area contributed by atoms with Crippen molar-refractivity contribution in [3.63, 3.8) is 0 Å². The fourth-order valence-corrected chi connectivity index (χ4v) is 6.31. The lowest BCUT2D eigenvalue weighted by Gasteiger charge is -2.38. The number of benzene rings is 3. The van der Waals surface area contributed by atoms with E-state index in [0.717, 1.165) is 5.56 Å². The smallest absolute Gasteiger partial charge is 0.344 e. The van der Waals surface area contributed by atoms with Gasteiger partial charge in [-0.05, 0) is 53.6 Å². The average molecular weight is 617 g/mol. The maximum absolute atomic E-state index is 13.3. The van der Waals surface area contributed by atoms with E-state index < -0.39 is 42.4 Å². The van der Waals surface area contributed by atoms with E-state index in [0.29, 0.717) is 44.9 Å². The molecule has 0 N–H and O–H groups in total. The van der Waals surface area contributed by atoms with Crippen molar-refractivity contribution in [1.29, 1.82) is 0 Å². The van der Waals surface area contributed by atoms with Crippen LogP contribution in [0.25, 0.3) is 0 Å². The Labute approximate surface area is 251 Å². The van der Waals surface area contributed by atoms with Gasteiger partial charge in [0.1, 0.15) is 11.9 Å². The van der Waals surface area contributed by atoms with Crippen LogP contribution >= 0.6 is 23.2 Å². The van der Waals surface area contributed by atoms with Crippen LogP contribution in [-0.4, -0.2) is 53.3 Å². The minimum Gasteiger partial charge on any atom is -0.493 e. The van der Waals surface area contributed by atoms with Gasteiger partial charge in [0.25, 0.3) is 0 Å². The molecule has 1 fully saturated rings. The summed E-state index contributed by atoms with van der Waals surface area (Å²) in [7, 11) is 4.56. The van der Waals surface area contributed by atoms with Gasteiger partial charge in [-0.25, -0.2) is 4.79 Å². The van der Waals surface area contributed by atoms with Crippen molar-refractivity contribution in [2.24, 2.45) is 11.8 Å². The molecule has 3 aliphatic rings. The summed E-state index contributed by atoms with van der Waals surface area (Å²) in [6, 6.07) is 11.9. The van der Waals surface area contributed by atoms with Gasteiger partial charge in [0, 0.05) is 22.4 Å². The number of cyclic esters (lactones) is 1. The first-order valence-corrected chi connectivity index (χ1v) is 13.8. The van der Waals surface area contributed by atoms with E-state index in [1.165, 1.54) is 27.4 Å². The largest absolute Gasteiger partial charge is 0.493 e. The summed E-state index contributed by atoms with van der Waals surface area (Å²) in [6.45, 7) is -0.317. The Balaban J connectivity index is 1.40. The molecule has 2 heterocycles. The van der Waals surface area contributed by atoms with E-state index in [4.69, 9.17) is 61.1 Å². The Morgan fingerprint density at radius 2 is 1.57 bits per heavy atom.